The summed E-state index contributed by atoms with van der Waals surface area (Å²) < 4.78 is 0. The van der Waals surface area contributed by atoms with E-state index in [-0.39, 0.29) is 6.42 Å². The van der Waals surface area contributed by atoms with Crippen molar-refractivity contribution in [2.45, 2.75) is 77.2 Å². The van der Waals surface area contributed by atoms with Crippen LogP contribution in [0.3, 0.4) is 0 Å². The molecule has 0 radical (unpaired) electrons. The van der Waals surface area contributed by atoms with Gasteiger partial charge in [0, 0.05) is 6.42 Å². The molecule has 0 aliphatic heterocycles. The molecule has 0 amide bonds. The van der Waals surface area contributed by atoms with Crippen LogP contribution in [0.1, 0.15) is 71.1 Å². The van der Waals surface area contributed by atoms with Crippen molar-refractivity contribution in [3.63, 3.8) is 0 Å². The van der Waals surface area contributed by atoms with E-state index in [1.807, 2.05) is 6.08 Å². The van der Waals surface area contributed by atoms with Crippen molar-refractivity contribution in [3.05, 3.63) is 12.2 Å². The summed E-state index contributed by atoms with van der Waals surface area (Å²) in [5.41, 5.74) is 0. The van der Waals surface area contributed by atoms with Crippen molar-refractivity contribution in [2.75, 3.05) is 0 Å². The highest BCUT2D eigenvalue weighted by molar-refractivity contribution is 5.66. The Morgan fingerprint density at radius 1 is 1.15 bits per heavy atom. The molecule has 0 aromatic rings. The van der Waals surface area contributed by atoms with E-state index >= 15 is 0 Å². The maximum atomic E-state index is 10.3. The zero-order chi connectivity index (χ0) is 15.1. The minimum atomic E-state index is -0.755. The van der Waals surface area contributed by atoms with Gasteiger partial charge in [0.1, 0.15) is 6.10 Å². The minimum Gasteiger partial charge on any atom is -0.481 e. The lowest BCUT2D eigenvalue weighted by atomic mass is 10.1. The lowest BCUT2D eigenvalue weighted by molar-refractivity contribution is -0.137. The lowest BCUT2D eigenvalue weighted by Crippen LogP contribution is -2.02. The Morgan fingerprint density at radius 2 is 1.90 bits per heavy atom. The number of carboxylic acids is 1. The van der Waals surface area contributed by atoms with Crippen LogP contribution in [0.15, 0.2) is 12.2 Å². The van der Waals surface area contributed by atoms with Crippen LogP contribution in [0.4, 0.5) is 0 Å². The molecule has 0 aliphatic rings. The van der Waals surface area contributed by atoms with Crippen molar-refractivity contribution in [2.24, 2.45) is 0 Å². The monoisotopic (exact) mass is 280 g/mol. The van der Waals surface area contributed by atoms with Gasteiger partial charge in [-0.25, -0.2) is 0 Å². The first kappa shape index (κ1) is 18.7. The third-order valence-corrected chi connectivity index (χ3v) is 3.04. The Labute approximate surface area is 123 Å². The first-order valence-corrected chi connectivity index (χ1v) is 7.72. The SMILES string of the molecule is CCCCCCC=CC#CC(O)CCCCCC(=O)O. The highest BCUT2D eigenvalue weighted by Crippen LogP contribution is 2.05. The van der Waals surface area contributed by atoms with Crippen molar-refractivity contribution in [1.29, 1.82) is 0 Å². The molecule has 1 atom stereocenters. The summed E-state index contributed by atoms with van der Waals surface area (Å²) in [6, 6.07) is 0. The number of carbonyl (C=O) groups is 1. The molecule has 0 heterocycles. The highest BCUT2D eigenvalue weighted by Gasteiger charge is 2.00. The molecule has 2 N–H and O–H groups in total. The number of aliphatic hydroxyl groups is 1. The van der Waals surface area contributed by atoms with Crippen molar-refractivity contribution in [3.8, 4) is 11.8 Å². The van der Waals surface area contributed by atoms with E-state index in [0.29, 0.717) is 12.8 Å². The first-order chi connectivity index (χ1) is 9.66. The van der Waals surface area contributed by atoms with Gasteiger partial charge in [0.05, 0.1) is 0 Å². The van der Waals surface area contributed by atoms with E-state index in [1.165, 1.54) is 25.7 Å². The molecule has 0 saturated heterocycles. The molecule has 20 heavy (non-hydrogen) atoms. The number of unbranched alkanes of at least 4 members (excludes halogenated alkanes) is 6. The normalized spacial score (nSPS) is 12.1. The molecule has 0 saturated carbocycles. The van der Waals surface area contributed by atoms with E-state index in [0.717, 1.165) is 19.3 Å². The second kappa shape index (κ2) is 14.1. The van der Waals surface area contributed by atoms with E-state index in [2.05, 4.69) is 24.8 Å². The molecule has 0 fully saturated rings. The van der Waals surface area contributed by atoms with Gasteiger partial charge >= 0.3 is 5.97 Å². The van der Waals surface area contributed by atoms with Gasteiger partial charge < -0.3 is 10.2 Å². The molecule has 3 nitrogen and oxygen atoms in total. The topological polar surface area (TPSA) is 57.5 Å². The fourth-order valence-electron chi connectivity index (χ4n) is 1.84. The summed E-state index contributed by atoms with van der Waals surface area (Å²) in [5.74, 6) is 4.89. The summed E-state index contributed by atoms with van der Waals surface area (Å²) in [6.45, 7) is 2.20. The molecule has 0 aliphatic carbocycles. The Balaban J connectivity index is 3.50. The predicted octanol–water partition coefficient (Wildman–Crippen LogP) is 3.91. The van der Waals surface area contributed by atoms with Gasteiger partial charge in [-0.1, -0.05) is 50.5 Å². The summed E-state index contributed by atoms with van der Waals surface area (Å²) in [6.07, 6.45) is 12.5. The van der Waals surface area contributed by atoms with Gasteiger partial charge in [-0.15, -0.1) is 0 Å². The number of aliphatic hydroxyl groups excluding tert-OH is 1. The Hall–Kier alpha value is -1.27. The van der Waals surface area contributed by atoms with Gasteiger partial charge in [-0.05, 0) is 38.2 Å². The first-order valence-electron chi connectivity index (χ1n) is 7.72. The van der Waals surface area contributed by atoms with E-state index < -0.39 is 12.1 Å². The maximum absolute atomic E-state index is 10.3. The summed E-state index contributed by atoms with van der Waals surface area (Å²) in [5, 5.41) is 18.1. The van der Waals surface area contributed by atoms with Gasteiger partial charge in [-0.2, -0.15) is 0 Å². The number of aliphatic carboxylic acids is 1. The molecular formula is C17H28O3. The van der Waals surface area contributed by atoms with E-state index in [9.17, 15) is 9.90 Å². The number of rotatable bonds is 11. The fraction of sp³-hybridized carbons (Fsp3) is 0.706. The van der Waals surface area contributed by atoms with Crippen LogP contribution in [0, 0.1) is 11.8 Å². The molecule has 0 aromatic heterocycles. The van der Waals surface area contributed by atoms with Crippen molar-refractivity contribution >= 4 is 5.97 Å². The molecule has 0 spiro atoms. The Morgan fingerprint density at radius 3 is 2.60 bits per heavy atom. The van der Waals surface area contributed by atoms with Crippen LogP contribution in [0.5, 0.6) is 0 Å². The Bertz CT molecular complexity index is 323. The van der Waals surface area contributed by atoms with Crippen LogP contribution >= 0.6 is 0 Å². The average Bonchev–Trinajstić information content (AvgIpc) is 2.41. The molecular weight excluding hydrogens is 252 g/mol. The van der Waals surface area contributed by atoms with Gasteiger partial charge in [0.2, 0.25) is 0 Å². The Kier molecular flexibility index (Phi) is 13.2. The van der Waals surface area contributed by atoms with E-state index in [4.69, 9.17) is 5.11 Å². The average molecular weight is 280 g/mol. The van der Waals surface area contributed by atoms with Crippen LogP contribution in [0.25, 0.3) is 0 Å². The fourth-order valence-corrected chi connectivity index (χ4v) is 1.84. The van der Waals surface area contributed by atoms with Crippen molar-refractivity contribution < 1.29 is 15.0 Å². The van der Waals surface area contributed by atoms with Crippen LogP contribution < -0.4 is 0 Å². The standard InChI is InChI=1S/C17H28O3/c1-2-3-4-5-6-7-8-10-13-16(18)14-11-9-12-15-17(19)20/h7-8,16,18H,2-6,9,11-12,14-15H2,1H3,(H,19,20). The number of hydrogen-bond acceptors (Lipinski definition) is 2. The zero-order valence-corrected chi connectivity index (χ0v) is 12.6. The lowest BCUT2D eigenvalue weighted by Gasteiger charge is -2.01. The van der Waals surface area contributed by atoms with Crippen molar-refractivity contribution in [1.82, 2.24) is 0 Å². The van der Waals surface area contributed by atoms with Gasteiger partial charge in [0.25, 0.3) is 0 Å². The third kappa shape index (κ3) is 14.8. The highest BCUT2D eigenvalue weighted by atomic mass is 16.4. The second-order valence-corrected chi connectivity index (χ2v) is 5.05. The summed E-state index contributed by atoms with van der Waals surface area (Å²) in [4.78, 5) is 10.3. The largest absolute Gasteiger partial charge is 0.481 e. The predicted molar refractivity (Wildman–Crippen MR) is 82.4 cm³/mol. The zero-order valence-electron chi connectivity index (χ0n) is 12.6. The third-order valence-electron chi connectivity index (χ3n) is 3.04. The van der Waals surface area contributed by atoms with Crippen LogP contribution in [0.2, 0.25) is 0 Å². The van der Waals surface area contributed by atoms with Crippen LogP contribution in [-0.2, 0) is 4.79 Å². The molecule has 1 unspecified atom stereocenters. The number of carboxylic acid groups (broad SMARTS) is 1. The molecule has 0 rings (SSSR count). The number of hydrogen-bond donors (Lipinski definition) is 2. The maximum Gasteiger partial charge on any atom is 0.303 e. The summed E-state index contributed by atoms with van der Waals surface area (Å²) >= 11 is 0. The minimum absolute atomic E-state index is 0.211. The molecule has 3 heteroatoms. The second-order valence-electron chi connectivity index (χ2n) is 5.05. The molecule has 0 aromatic carbocycles. The number of allylic oxidation sites excluding steroid dienone is 2. The van der Waals surface area contributed by atoms with E-state index in [1.54, 1.807) is 0 Å². The van der Waals surface area contributed by atoms with Gasteiger partial charge in [0.15, 0.2) is 0 Å². The smallest absolute Gasteiger partial charge is 0.303 e. The van der Waals surface area contributed by atoms with Gasteiger partial charge in [-0.3, -0.25) is 4.79 Å². The molecule has 0 bridgehead atoms. The quantitative estimate of drug-likeness (QED) is 0.445. The summed E-state index contributed by atoms with van der Waals surface area (Å²) in [7, 11) is 0. The molecule has 114 valence electrons. The van der Waals surface area contributed by atoms with Crippen LogP contribution in [-0.4, -0.2) is 22.3 Å².